The second-order valence-corrected chi connectivity index (χ2v) is 3.11. The van der Waals surface area contributed by atoms with Crippen LogP contribution >= 0.6 is 0 Å². The molecule has 1 N–H and O–H groups in total. The van der Waals surface area contributed by atoms with Gasteiger partial charge in [-0.05, 0) is 11.1 Å². The molecule has 13 heavy (non-hydrogen) atoms. The molecule has 0 saturated heterocycles. The molecule has 68 valence electrons. The second-order valence-electron chi connectivity index (χ2n) is 3.11. The third kappa shape index (κ3) is 1.55. The highest BCUT2D eigenvalue weighted by atomic mass is 16.5. The molecule has 2 rings (SSSR count). The first-order valence-corrected chi connectivity index (χ1v) is 4.18. The van der Waals surface area contributed by atoms with Crippen molar-refractivity contribution in [1.82, 2.24) is 0 Å². The van der Waals surface area contributed by atoms with E-state index >= 15 is 0 Å². The molecule has 0 saturated carbocycles. The van der Waals surface area contributed by atoms with Gasteiger partial charge in [-0.1, -0.05) is 24.3 Å². The normalized spacial score (nSPS) is 20.8. The maximum absolute atomic E-state index is 10.6. The molecule has 1 heterocycles. The zero-order valence-corrected chi connectivity index (χ0v) is 7.06. The molecular weight excluding hydrogens is 168 g/mol. The van der Waals surface area contributed by atoms with Crippen molar-refractivity contribution in [2.45, 2.75) is 19.1 Å². The Morgan fingerprint density at radius 1 is 1.38 bits per heavy atom. The van der Waals surface area contributed by atoms with Crippen molar-refractivity contribution in [3.63, 3.8) is 0 Å². The third-order valence-electron chi connectivity index (χ3n) is 2.24. The van der Waals surface area contributed by atoms with Crippen LogP contribution in [0.5, 0.6) is 0 Å². The summed E-state index contributed by atoms with van der Waals surface area (Å²) < 4.78 is 5.17. The van der Waals surface area contributed by atoms with Gasteiger partial charge in [0.2, 0.25) is 0 Å². The summed E-state index contributed by atoms with van der Waals surface area (Å²) in [5.41, 5.74) is 2.18. The highest BCUT2D eigenvalue weighted by Crippen LogP contribution is 2.19. The van der Waals surface area contributed by atoms with Crippen LogP contribution in [-0.2, 0) is 22.6 Å². The van der Waals surface area contributed by atoms with Crippen LogP contribution in [-0.4, -0.2) is 17.2 Å². The van der Waals surface area contributed by atoms with E-state index in [-0.39, 0.29) is 0 Å². The molecule has 0 unspecified atom stereocenters. The SMILES string of the molecule is O=C(O)[C@H]1Cc2ccccc2CO1. The number of carboxylic acids is 1. The molecule has 3 nitrogen and oxygen atoms in total. The monoisotopic (exact) mass is 178 g/mol. The largest absolute Gasteiger partial charge is 0.479 e. The van der Waals surface area contributed by atoms with Gasteiger partial charge >= 0.3 is 5.97 Å². The van der Waals surface area contributed by atoms with Crippen LogP contribution in [0.25, 0.3) is 0 Å². The Balaban J connectivity index is 2.24. The summed E-state index contributed by atoms with van der Waals surface area (Å²) in [6.45, 7) is 0.410. The van der Waals surface area contributed by atoms with E-state index in [0.717, 1.165) is 11.1 Å². The summed E-state index contributed by atoms with van der Waals surface area (Å²) in [4.78, 5) is 10.6. The number of carbonyl (C=O) groups is 1. The molecule has 3 heteroatoms. The van der Waals surface area contributed by atoms with Gasteiger partial charge in [0.05, 0.1) is 6.61 Å². The van der Waals surface area contributed by atoms with E-state index in [1.807, 2.05) is 24.3 Å². The number of rotatable bonds is 1. The van der Waals surface area contributed by atoms with Crippen LogP contribution in [0.4, 0.5) is 0 Å². The molecule has 0 fully saturated rings. The average molecular weight is 178 g/mol. The molecule has 0 aromatic heterocycles. The van der Waals surface area contributed by atoms with E-state index in [9.17, 15) is 4.79 Å². The molecule has 1 aromatic rings. The lowest BCUT2D eigenvalue weighted by Gasteiger charge is -2.21. The first-order valence-electron chi connectivity index (χ1n) is 4.18. The molecule has 1 aromatic carbocycles. The van der Waals surface area contributed by atoms with Gasteiger partial charge < -0.3 is 9.84 Å². The van der Waals surface area contributed by atoms with Gasteiger partial charge in [0.1, 0.15) is 0 Å². The Bertz CT molecular complexity index is 333. The Morgan fingerprint density at radius 3 is 2.77 bits per heavy atom. The molecule has 0 amide bonds. The van der Waals surface area contributed by atoms with Gasteiger partial charge in [0.15, 0.2) is 6.10 Å². The van der Waals surface area contributed by atoms with Gasteiger partial charge in [0.25, 0.3) is 0 Å². The second kappa shape index (κ2) is 3.18. The highest BCUT2D eigenvalue weighted by Gasteiger charge is 2.24. The minimum Gasteiger partial charge on any atom is -0.479 e. The number of ether oxygens (including phenoxy) is 1. The zero-order chi connectivity index (χ0) is 9.26. The van der Waals surface area contributed by atoms with Crippen molar-refractivity contribution in [3.05, 3.63) is 35.4 Å². The van der Waals surface area contributed by atoms with Crippen molar-refractivity contribution in [1.29, 1.82) is 0 Å². The lowest BCUT2D eigenvalue weighted by Crippen LogP contribution is -2.30. The van der Waals surface area contributed by atoms with Gasteiger partial charge in [-0.2, -0.15) is 0 Å². The summed E-state index contributed by atoms with van der Waals surface area (Å²) in [7, 11) is 0. The molecule has 0 aliphatic carbocycles. The topological polar surface area (TPSA) is 46.5 Å². The van der Waals surface area contributed by atoms with Crippen molar-refractivity contribution in [3.8, 4) is 0 Å². The number of aliphatic carboxylic acids is 1. The number of carboxylic acid groups (broad SMARTS) is 1. The molecule has 1 atom stereocenters. The summed E-state index contributed by atoms with van der Waals surface area (Å²) >= 11 is 0. The van der Waals surface area contributed by atoms with Crippen molar-refractivity contribution in [2.75, 3.05) is 0 Å². The fourth-order valence-corrected chi connectivity index (χ4v) is 1.51. The minimum absolute atomic E-state index is 0.410. The minimum atomic E-state index is -0.880. The summed E-state index contributed by atoms with van der Waals surface area (Å²) in [5.74, 6) is -0.880. The summed E-state index contributed by atoms with van der Waals surface area (Å²) in [6, 6.07) is 7.77. The standard InChI is InChI=1S/C10H10O3/c11-10(12)9-5-7-3-1-2-4-8(7)6-13-9/h1-4,9H,5-6H2,(H,11,12)/t9-/m1/s1. The Kier molecular flexibility index (Phi) is 2.02. The van der Waals surface area contributed by atoms with E-state index in [1.165, 1.54) is 0 Å². The lowest BCUT2D eigenvalue weighted by molar-refractivity contribution is -0.152. The van der Waals surface area contributed by atoms with Gasteiger partial charge in [-0.3, -0.25) is 0 Å². The molecule has 1 aliphatic rings. The third-order valence-corrected chi connectivity index (χ3v) is 2.24. The van der Waals surface area contributed by atoms with Gasteiger partial charge in [-0.15, -0.1) is 0 Å². The van der Waals surface area contributed by atoms with Crippen LogP contribution in [0.15, 0.2) is 24.3 Å². The Labute approximate surface area is 76.0 Å². The van der Waals surface area contributed by atoms with E-state index < -0.39 is 12.1 Å². The van der Waals surface area contributed by atoms with E-state index in [2.05, 4.69) is 0 Å². The summed E-state index contributed by atoms with van der Waals surface area (Å²) in [6.07, 6.45) is -0.194. The van der Waals surface area contributed by atoms with Crippen molar-refractivity contribution >= 4 is 5.97 Å². The van der Waals surface area contributed by atoms with Crippen molar-refractivity contribution in [2.24, 2.45) is 0 Å². The molecule has 1 aliphatic heterocycles. The lowest BCUT2D eigenvalue weighted by atomic mass is 9.99. The smallest absolute Gasteiger partial charge is 0.333 e. The Morgan fingerprint density at radius 2 is 2.08 bits per heavy atom. The number of fused-ring (bicyclic) bond motifs is 1. The van der Waals surface area contributed by atoms with Crippen molar-refractivity contribution < 1.29 is 14.6 Å². The average Bonchev–Trinajstić information content (AvgIpc) is 2.17. The van der Waals surface area contributed by atoms with E-state index in [0.29, 0.717) is 13.0 Å². The van der Waals surface area contributed by atoms with Gasteiger partial charge in [-0.25, -0.2) is 4.79 Å². The number of benzene rings is 1. The quantitative estimate of drug-likeness (QED) is 0.703. The van der Waals surface area contributed by atoms with Crippen LogP contribution in [0.2, 0.25) is 0 Å². The maximum atomic E-state index is 10.6. The number of hydrogen-bond donors (Lipinski definition) is 1. The maximum Gasteiger partial charge on any atom is 0.333 e. The predicted molar refractivity (Wildman–Crippen MR) is 46.4 cm³/mol. The fraction of sp³-hybridized carbons (Fsp3) is 0.300. The molecule has 0 radical (unpaired) electrons. The Hall–Kier alpha value is -1.35. The van der Waals surface area contributed by atoms with E-state index in [4.69, 9.17) is 9.84 Å². The highest BCUT2D eigenvalue weighted by molar-refractivity contribution is 5.73. The van der Waals surface area contributed by atoms with Crippen LogP contribution in [0.1, 0.15) is 11.1 Å². The predicted octanol–water partition coefficient (Wildman–Crippen LogP) is 1.21. The fourth-order valence-electron chi connectivity index (χ4n) is 1.51. The van der Waals surface area contributed by atoms with Crippen LogP contribution in [0.3, 0.4) is 0 Å². The van der Waals surface area contributed by atoms with Gasteiger partial charge in [0, 0.05) is 6.42 Å². The first kappa shape index (κ1) is 8.26. The number of hydrogen-bond acceptors (Lipinski definition) is 2. The van der Waals surface area contributed by atoms with E-state index in [1.54, 1.807) is 0 Å². The molecule has 0 spiro atoms. The first-order chi connectivity index (χ1) is 6.27. The molecular formula is C10H10O3. The van der Waals surface area contributed by atoms with Crippen LogP contribution in [0, 0.1) is 0 Å². The molecule has 0 bridgehead atoms. The summed E-state index contributed by atoms with van der Waals surface area (Å²) in [5, 5.41) is 8.74. The van der Waals surface area contributed by atoms with Crippen LogP contribution < -0.4 is 0 Å². The zero-order valence-electron chi connectivity index (χ0n) is 7.06.